The monoisotopic (exact) mass is 414 g/mol. The summed E-state index contributed by atoms with van der Waals surface area (Å²) in [6.07, 6.45) is 5.55. The first kappa shape index (κ1) is 23.6. The van der Waals surface area contributed by atoms with Gasteiger partial charge in [-0.3, -0.25) is 19.4 Å². The second-order valence-corrected chi connectivity index (χ2v) is 8.30. The number of aliphatic imine (C=N–C) groups is 1. The first-order chi connectivity index (χ1) is 14.3. The van der Waals surface area contributed by atoms with Crippen LogP contribution in [0.4, 0.5) is 0 Å². The van der Waals surface area contributed by atoms with Crippen LogP contribution in [0.1, 0.15) is 52.0 Å². The third kappa shape index (κ3) is 8.35. The average molecular weight is 415 g/mol. The Morgan fingerprint density at radius 3 is 2.43 bits per heavy atom. The minimum absolute atomic E-state index is 0.109. The highest BCUT2D eigenvalue weighted by Gasteiger charge is 2.28. The molecular weight excluding hydrogens is 380 g/mol. The van der Waals surface area contributed by atoms with Crippen molar-refractivity contribution in [3.05, 3.63) is 35.9 Å². The number of carbonyl (C=O) groups is 3. The summed E-state index contributed by atoms with van der Waals surface area (Å²) in [5, 5.41) is 8.59. The Hall–Kier alpha value is -2.70. The van der Waals surface area contributed by atoms with E-state index in [4.69, 9.17) is 0 Å². The molecule has 0 spiro atoms. The average Bonchev–Trinajstić information content (AvgIpc) is 2.95. The predicted octanol–water partition coefficient (Wildman–Crippen LogP) is 2.00. The summed E-state index contributed by atoms with van der Waals surface area (Å²) in [6.45, 7) is 6.19. The highest BCUT2D eigenvalue weighted by molar-refractivity contribution is 5.92. The zero-order valence-corrected chi connectivity index (χ0v) is 18.2. The summed E-state index contributed by atoms with van der Waals surface area (Å²) in [6, 6.07) is 7.98. The van der Waals surface area contributed by atoms with Crippen molar-refractivity contribution in [3.63, 3.8) is 0 Å². The minimum Gasteiger partial charge on any atom is -0.347 e. The Kier molecular flexibility index (Phi) is 9.51. The van der Waals surface area contributed by atoms with Gasteiger partial charge >= 0.3 is 0 Å². The van der Waals surface area contributed by atoms with Gasteiger partial charge in [-0.1, -0.05) is 44.2 Å². The van der Waals surface area contributed by atoms with Crippen LogP contribution in [0.5, 0.6) is 0 Å². The van der Waals surface area contributed by atoms with Gasteiger partial charge in [0.1, 0.15) is 12.1 Å². The topological polar surface area (TPSA) is 99.7 Å². The van der Waals surface area contributed by atoms with Crippen LogP contribution >= 0.6 is 0 Å². The van der Waals surface area contributed by atoms with E-state index in [2.05, 4.69) is 20.9 Å². The van der Waals surface area contributed by atoms with Crippen molar-refractivity contribution in [2.24, 2.45) is 10.9 Å². The lowest BCUT2D eigenvalue weighted by molar-refractivity contribution is -0.132. The summed E-state index contributed by atoms with van der Waals surface area (Å²) in [5.74, 6) is -0.635. The predicted molar refractivity (Wildman–Crippen MR) is 118 cm³/mol. The Morgan fingerprint density at radius 1 is 1.03 bits per heavy atom. The molecule has 7 nitrogen and oxygen atoms in total. The van der Waals surface area contributed by atoms with Crippen LogP contribution in [0.25, 0.3) is 0 Å². The Balaban J connectivity index is 2.07. The van der Waals surface area contributed by atoms with E-state index in [1.54, 1.807) is 6.21 Å². The maximum atomic E-state index is 13.0. The van der Waals surface area contributed by atoms with Crippen molar-refractivity contribution in [1.29, 1.82) is 0 Å². The second-order valence-electron chi connectivity index (χ2n) is 8.30. The molecule has 1 heterocycles. The fourth-order valence-corrected chi connectivity index (χ4v) is 3.52. The first-order valence-corrected chi connectivity index (χ1v) is 10.8. The van der Waals surface area contributed by atoms with Crippen molar-refractivity contribution in [3.8, 4) is 0 Å². The largest absolute Gasteiger partial charge is 0.347 e. The molecule has 0 unspecified atom stereocenters. The Morgan fingerprint density at radius 2 is 1.77 bits per heavy atom. The molecule has 0 radical (unpaired) electrons. The van der Waals surface area contributed by atoms with Gasteiger partial charge in [-0.2, -0.15) is 0 Å². The zero-order valence-electron chi connectivity index (χ0n) is 18.2. The van der Waals surface area contributed by atoms with Gasteiger partial charge in [0.05, 0.1) is 6.04 Å². The van der Waals surface area contributed by atoms with Crippen LogP contribution in [0.2, 0.25) is 0 Å². The number of benzene rings is 1. The lowest BCUT2D eigenvalue weighted by Gasteiger charge is -2.25. The molecule has 0 saturated heterocycles. The normalized spacial score (nSPS) is 18.2. The molecule has 7 heteroatoms. The molecule has 0 saturated carbocycles. The van der Waals surface area contributed by atoms with Crippen molar-refractivity contribution in [2.75, 3.05) is 6.54 Å². The fraction of sp³-hybridized carbons (Fsp3) is 0.565. The number of hydrogen-bond acceptors (Lipinski definition) is 4. The lowest BCUT2D eigenvalue weighted by Crippen LogP contribution is -2.55. The van der Waals surface area contributed by atoms with E-state index in [-0.39, 0.29) is 29.7 Å². The zero-order chi connectivity index (χ0) is 21.9. The van der Waals surface area contributed by atoms with E-state index in [0.717, 1.165) is 31.4 Å². The van der Waals surface area contributed by atoms with E-state index < -0.39 is 12.1 Å². The summed E-state index contributed by atoms with van der Waals surface area (Å²) in [7, 11) is 0. The van der Waals surface area contributed by atoms with Crippen LogP contribution in [0.15, 0.2) is 35.3 Å². The molecule has 0 fully saturated rings. The molecule has 1 aromatic rings. The van der Waals surface area contributed by atoms with Gasteiger partial charge in [0.2, 0.25) is 17.7 Å². The van der Waals surface area contributed by atoms with E-state index in [9.17, 15) is 14.4 Å². The molecule has 1 aliphatic rings. The van der Waals surface area contributed by atoms with Crippen molar-refractivity contribution >= 4 is 23.9 Å². The van der Waals surface area contributed by atoms with Crippen molar-refractivity contribution < 1.29 is 14.4 Å². The molecule has 3 atom stereocenters. The molecule has 0 aliphatic carbocycles. The number of nitrogens with one attached hydrogen (secondary N) is 3. The van der Waals surface area contributed by atoms with Crippen LogP contribution in [0, 0.1) is 5.92 Å². The number of carbonyl (C=O) groups excluding carboxylic acids is 3. The molecule has 3 N–H and O–H groups in total. The summed E-state index contributed by atoms with van der Waals surface area (Å²) < 4.78 is 0. The number of rotatable bonds is 9. The molecule has 1 aliphatic heterocycles. The number of hydrogen-bond donors (Lipinski definition) is 3. The van der Waals surface area contributed by atoms with E-state index in [1.165, 1.54) is 6.92 Å². The van der Waals surface area contributed by atoms with Crippen LogP contribution in [-0.2, 0) is 20.8 Å². The maximum Gasteiger partial charge on any atom is 0.243 e. The smallest absolute Gasteiger partial charge is 0.243 e. The lowest BCUT2D eigenvalue weighted by atomic mass is 10.0. The molecule has 2 rings (SSSR count). The highest BCUT2D eigenvalue weighted by Crippen LogP contribution is 2.10. The molecule has 0 bridgehead atoms. The highest BCUT2D eigenvalue weighted by atomic mass is 16.2. The summed E-state index contributed by atoms with van der Waals surface area (Å²) >= 11 is 0. The van der Waals surface area contributed by atoms with Crippen LogP contribution < -0.4 is 16.0 Å². The molecule has 1 aromatic carbocycles. The van der Waals surface area contributed by atoms with Crippen molar-refractivity contribution in [2.45, 2.75) is 71.0 Å². The molecule has 3 amide bonds. The summed E-state index contributed by atoms with van der Waals surface area (Å²) in [5.41, 5.74) is 0.936. The quantitative estimate of drug-likeness (QED) is 0.576. The molecule has 0 aromatic heterocycles. The van der Waals surface area contributed by atoms with E-state index >= 15 is 0 Å². The summed E-state index contributed by atoms with van der Waals surface area (Å²) in [4.78, 5) is 41.9. The van der Waals surface area contributed by atoms with Gasteiger partial charge in [-0.15, -0.1) is 0 Å². The van der Waals surface area contributed by atoms with E-state index in [0.29, 0.717) is 12.8 Å². The van der Waals surface area contributed by atoms with Crippen LogP contribution in [0.3, 0.4) is 0 Å². The van der Waals surface area contributed by atoms with Gasteiger partial charge in [0, 0.05) is 26.1 Å². The Labute approximate surface area is 179 Å². The number of amides is 3. The first-order valence-electron chi connectivity index (χ1n) is 10.8. The Bertz CT molecular complexity index is 733. The van der Waals surface area contributed by atoms with Gasteiger partial charge < -0.3 is 16.0 Å². The van der Waals surface area contributed by atoms with Gasteiger partial charge in [-0.05, 0) is 37.2 Å². The van der Waals surface area contributed by atoms with Crippen LogP contribution in [-0.4, -0.2) is 48.6 Å². The molecular formula is C23H34N4O3. The van der Waals surface area contributed by atoms with Gasteiger partial charge in [0.25, 0.3) is 0 Å². The van der Waals surface area contributed by atoms with Gasteiger partial charge in [-0.25, -0.2) is 0 Å². The third-order valence-electron chi connectivity index (χ3n) is 4.98. The third-order valence-corrected chi connectivity index (χ3v) is 4.98. The number of nitrogens with zero attached hydrogens (tertiary/aromatic N) is 1. The SMILES string of the molecule is CC(=O)N[C@@H](Cc1ccccc1)C(=O)N[C@@H](CC(C)C)C(=O)N[C@@H]1C=NCCCC1. The maximum absolute atomic E-state index is 13.0. The molecule has 30 heavy (non-hydrogen) atoms. The van der Waals surface area contributed by atoms with Gasteiger partial charge in [0.15, 0.2) is 0 Å². The minimum atomic E-state index is -0.744. The van der Waals surface area contributed by atoms with E-state index in [1.807, 2.05) is 44.2 Å². The standard InChI is InChI=1S/C23H34N4O3/c1-16(2)13-20(22(29)26-19-11-7-8-12-24-15-19)27-23(30)21(25-17(3)28)14-18-9-5-4-6-10-18/h4-6,9-10,15-16,19-21H,7-8,11-14H2,1-3H3,(H,25,28)(H,26,29)(H,27,30)/t19-,20-,21-/m0/s1. The van der Waals surface area contributed by atoms with Crippen molar-refractivity contribution in [1.82, 2.24) is 16.0 Å². The second kappa shape index (κ2) is 12.1. The molecule has 164 valence electrons. The fourth-order valence-electron chi connectivity index (χ4n) is 3.52.